The number of aromatic nitrogens is 1. The molecule has 2 nitrogen and oxygen atoms in total. The number of rotatable bonds is 2. The van der Waals surface area contributed by atoms with E-state index in [-0.39, 0.29) is 0 Å². The minimum absolute atomic E-state index is 1.09. The van der Waals surface area contributed by atoms with Gasteiger partial charge in [0.15, 0.2) is 0 Å². The van der Waals surface area contributed by atoms with Gasteiger partial charge < -0.3 is 0 Å². The predicted molar refractivity (Wildman–Crippen MR) is 72.1 cm³/mol. The van der Waals surface area contributed by atoms with E-state index >= 15 is 0 Å². The van der Waals surface area contributed by atoms with Gasteiger partial charge in [-0.2, -0.15) is 0 Å². The zero-order valence-corrected chi connectivity index (χ0v) is 9.72. The lowest BCUT2D eigenvalue weighted by molar-refractivity contribution is 1.01. The van der Waals surface area contributed by atoms with Crippen LogP contribution in [0.25, 0.3) is 10.9 Å². The fourth-order valence-electron chi connectivity index (χ4n) is 2.09. The van der Waals surface area contributed by atoms with Crippen molar-refractivity contribution in [2.45, 2.75) is 6.92 Å². The van der Waals surface area contributed by atoms with Gasteiger partial charge in [-0.1, -0.05) is 36.4 Å². The van der Waals surface area contributed by atoms with Crippen molar-refractivity contribution in [3.63, 3.8) is 0 Å². The molecule has 0 fully saturated rings. The highest BCUT2D eigenvalue weighted by atomic mass is 15.4. The summed E-state index contributed by atoms with van der Waals surface area (Å²) in [7, 11) is 0. The largest absolute Gasteiger partial charge is 0.294 e. The average molecular weight is 222 g/mol. The Labute approximate surface area is 100 Å². The molecule has 0 aliphatic rings. The van der Waals surface area contributed by atoms with E-state index in [4.69, 9.17) is 0 Å². The van der Waals surface area contributed by atoms with Crippen LogP contribution in [0, 0.1) is 6.92 Å². The summed E-state index contributed by atoms with van der Waals surface area (Å²) in [5.41, 5.74) is 6.96. The molecule has 0 radical (unpaired) electrons. The number of hydrogen-bond acceptors (Lipinski definition) is 1. The summed E-state index contributed by atoms with van der Waals surface area (Å²) >= 11 is 0. The topological polar surface area (TPSA) is 17.0 Å². The Hall–Kier alpha value is -2.22. The maximum absolute atomic E-state index is 3.38. The standard InChI is InChI=1S/C15H14N2/c1-12-11-17(15-10-6-5-9-14(12)15)16-13-7-3-2-4-8-13/h2-11,16H,1H3. The number of hydrogen-bond donors (Lipinski definition) is 1. The van der Waals surface area contributed by atoms with Gasteiger partial charge in [-0.3, -0.25) is 10.1 Å². The van der Waals surface area contributed by atoms with Crippen molar-refractivity contribution in [3.05, 3.63) is 66.4 Å². The van der Waals surface area contributed by atoms with Crippen LogP contribution in [0.1, 0.15) is 5.56 Å². The second-order valence-corrected chi connectivity index (χ2v) is 4.18. The van der Waals surface area contributed by atoms with E-state index in [1.54, 1.807) is 0 Å². The van der Waals surface area contributed by atoms with Crippen molar-refractivity contribution >= 4 is 16.6 Å². The Morgan fingerprint density at radius 2 is 1.59 bits per heavy atom. The summed E-state index contributed by atoms with van der Waals surface area (Å²) in [6, 6.07) is 18.6. The van der Waals surface area contributed by atoms with Gasteiger partial charge in [-0.25, -0.2) is 0 Å². The second kappa shape index (κ2) is 3.98. The molecule has 17 heavy (non-hydrogen) atoms. The lowest BCUT2D eigenvalue weighted by Gasteiger charge is -2.08. The number of nitrogens with zero attached hydrogens (tertiary/aromatic N) is 1. The smallest absolute Gasteiger partial charge is 0.0699 e. The van der Waals surface area contributed by atoms with Gasteiger partial charge in [0.25, 0.3) is 0 Å². The molecule has 0 unspecified atom stereocenters. The first-order chi connectivity index (χ1) is 8.34. The highest BCUT2D eigenvalue weighted by Gasteiger charge is 2.03. The van der Waals surface area contributed by atoms with E-state index in [1.807, 2.05) is 18.2 Å². The van der Waals surface area contributed by atoms with Crippen LogP contribution in [0.15, 0.2) is 60.8 Å². The molecule has 0 saturated heterocycles. The van der Waals surface area contributed by atoms with Gasteiger partial charge in [0.1, 0.15) is 0 Å². The first kappa shape index (κ1) is 9.97. The number of nitrogens with one attached hydrogen (secondary N) is 1. The number of anilines is 1. The first-order valence-corrected chi connectivity index (χ1v) is 5.73. The lowest BCUT2D eigenvalue weighted by Crippen LogP contribution is -2.06. The molecule has 1 aromatic heterocycles. The summed E-state index contributed by atoms with van der Waals surface area (Å²) in [4.78, 5) is 0. The molecule has 0 amide bonds. The second-order valence-electron chi connectivity index (χ2n) is 4.18. The fraction of sp³-hybridized carbons (Fsp3) is 0.0667. The Morgan fingerprint density at radius 1 is 0.882 bits per heavy atom. The zero-order valence-electron chi connectivity index (χ0n) is 9.72. The maximum atomic E-state index is 3.38. The van der Waals surface area contributed by atoms with Crippen LogP contribution in [-0.4, -0.2) is 4.68 Å². The van der Waals surface area contributed by atoms with Crippen LogP contribution in [0.3, 0.4) is 0 Å². The summed E-state index contributed by atoms with van der Waals surface area (Å²) in [5.74, 6) is 0. The third-order valence-corrected chi connectivity index (χ3v) is 2.93. The van der Waals surface area contributed by atoms with Crippen LogP contribution in [0.4, 0.5) is 5.69 Å². The van der Waals surface area contributed by atoms with E-state index in [9.17, 15) is 0 Å². The Balaban J connectivity index is 2.07. The number of fused-ring (bicyclic) bond motifs is 1. The number of para-hydroxylation sites is 2. The first-order valence-electron chi connectivity index (χ1n) is 5.73. The highest BCUT2D eigenvalue weighted by molar-refractivity contribution is 5.84. The molecule has 3 rings (SSSR count). The normalized spacial score (nSPS) is 10.6. The minimum Gasteiger partial charge on any atom is -0.294 e. The summed E-state index contributed by atoms with van der Waals surface area (Å²) in [6.07, 6.45) is 2.12. The average Bonchev–Trinajstić information content (AvgIpc) is 2.69. The van der Waals surface area contributed by atoms with E-state index in [0.29, 0.717) is 0 Å². The molecule has 3 aromatic rings. The van der Waals surface area contributed by atoms with Gasteiger partial charge in [-0.05, 0) is 30.7 Å². The molecule has 0 aliphatic carbocycles. The molecule has 0 bridgehead atoms. The summed E-state index contributed by atoms with van der Waals surface area (Å²) in [5, 5.41) is 1.29. The molecule has 0 spiro atoms. The maximum Gasteiger partial charge on any atom is 0.0699 e. The molecular weight excluding hydrogens is 208 g/mol. The zero-order chi connectivity index (χ0) is 11.7. The quantitative estimate of drug-likeness (QED) is 0.697. The van der Waals surface area contributed by atoms with Crippen LogP contribution in [-0.2, 0) is 0 Å². The van der Waals surface area contributed by atoms with Gasteiger partial charge in [0.2, 0.25) is 0 Å². The van der Waals surface area contributed by atoms with Crippen LogP contribution < -0.4 is 5.43 Å². The summed E-state index contributed by atoms with van der Waals surface area (Å²) in [6.45, 7) is 2.13. The summed E-state index contributed by atoms with van der Waals surface area (Å²) < 4.78 is 2.07. The van der Waals surface area contributed by atoms with Gasteiger partial charge in [0, 0.05) is 11.6 Å². The van der Waals surface area contributed by atoms with Gasteiger partial charge in [0.05, 0.1) is 11.2 Å². The Kier molecular flexibility index (Phi) is 2.33. The van der Waals surface area contributed by atoms with Gasteiger partial charge >= 0.3 is 0 Å². The van der Waals surface area contributed by atoms with E-state index < -0.39 is 0 Å². The number of benzene rings is 2. The highest BCUT2D eigenvalue weighted by Crippen LogP contribution is 2.20. The van der Waals surface area contributed by atoms with Crippen LogP contribution >= 0.6 is 0 Å². The van der Waals surface area contributed by atoms with Crippen molar-refractivity contribution in [3.8, 4) is 0 Å². The Morgan fingerprint density at radius 3 is 2.41 bits per heavy atom. The molecule has 1 heterocycles. The van der Waals surface area contributed by atoms with Crippen LogP contribution in [0.2, 0.25) is 0 Å². The predicted octanol–water partition coefficient (Wildman–Crippen LogP) is 3.82. The SMILES string of the molecule is Cc1cn(Nc2ccccc2)c2ccccc12. The van der Waals surface area contributed by atoms with E-state index in [0.717, 1.165) is 5.69 Å². The molecule has 0 saturated carbocycles. The third-order valence-electron chi connectivity index (χ3n) is 2.93. The Bertz CT molecular complexity index is 638. The van der Waals surface area contributed by atoms with Crippen molar-refractivity contribution in [1.29, 1.82) is 0 Å². The van der Waals surface area contributed by atoms with Crippen molar-refractivity contribution in [2.75, 3.05) is 5.43 Å². The monoisotopic (exact) mass is 222 g/mol. The molecule has 0 aliphatic heterocycles. The third kappa shape index (κ3) is 1.78. The molecule has 84 valence electrons. The van der Waals surface area contributed by atoms with Gasteiger partial charge in [-0.15, -0.1) is 0 Å². The van der Waals surface area contributed by atoms with Crippen molar-refractivity contribution in [1.82, 2.24) is 4.68 Å². The molecule has 1 N–H and O–H groups in total. The van der Waals surface area contributed by atoms with E-state index in [1.165, 1.54) is 16.5 Å². The number of aryl methyl sites for hydroxylation is 1. The minimum atomic E-state index is 1.09. The lowest BCUT2D eigenvalue weighted by atomic mass is 10.2. The molecule has 2 heteroatoms. The van der Waals surface area contributed by atoms with E-state index in [2.05, 4.69) is 59.6 Å². The molecular formula is C15H14N2. The fourth-order valence-corrected chi connectivity index (χ4v) is 2.09. The molecule has 0 atom stereocenters. The van der Waals surface area contributed by atoms with Crippen molar-refractivity contribution < 1.29 is 0 Å². The van der Waals surface area contributed by atoms with Crippen molar-refractivity contribution in [2.24, 2.45) is 0 Å². The molecule has 2 aromatic carbocycles. The van der Waals surface area contributed by atoms with Crippen LogP contribution in [0.5, 0.6) is 0 Å².